The standard InChI is InChI=1S/C58H107NO5/c1-3-5-7-9-11-13-15-16-17-18-23-26-29-32-36-40-44-48-52-58(63)64-53-49-45-41-37-33-30-27-24-21-19-20-22-25-28-31-35-39-43-47-51-57(62)59-55(54-60)56(61)50-46-42-38-34-14-12-10-8-6-4-2/h13,15,17-20,46,50,55-56,60-61H,3-12,14,16,21-45,47-49,51-54H2,1-2H3,(H,59,62)/b15-13-,18-17-,20-19-,50-46+. The fraction of sp³-hybridized carbons (Fsp3) is 0.828. The molecule has 0 bridgehead atoms. The van der Waals surface area contributed by atoms with Crippen molar-refractivity contribution >= 4 is 11.9 Å². The summed E-state index contributed by atoms with van der Waals surface area (Å²) in [6.07, 6.45) is 67.0. The molecule has 0 radical (unpaired) electrons. The maximum absolute atomic E-state index is 12.4. The molecular formula is C58H107NO5. The molecule has 0 aliphatic heterocycles. The molecular weight excluding hydrogens is 791 g/mol. The molecule has 0 rings (SSSR count). The number of aliphatic hydroxyl groups excluding tert-OH is 2. The Morgan fingerprint density at radius 1 is 0.438 bits per heavy atom. The quantitative estimate of drug-likeness (QED) is 0.0321. The summed E-state index contributed by atoms with van der Waals surface area (Å²) in [5.41, 5.74) is 0. The largest absolute Gasteiger partial charge is 0.466 e. The van der Waals surface area contributed by atoms with E-state index in [0.717, 1.165) is 64.2 Å². The summed E-state index contributed by atoms with van der Waals surface area (Å²) in [5, 5.41) is 22.9. The lowest BCUT2D eigenvalue weighted by molar-refractivity contribution is -0.143. The first-order valence-electron chi connectivity index (χ1n) is 27.9. The number of esters is 1. The molecule has 0 aromatic rings. The van der Waals surface area contributed by atoms with Crippen LogP contribution in [-0.2, 0) is 14.3 Å². The Bertz CT molecular complexity index is 1080. The fourth-order valence-corrected chi connectivity index (χ4v) is 8.25. The van der Waals surface area contributed by atoms with E-state index in [-0.39, 0.29) is 18.5 Å². The Labute approximate surface area is 397 Å². The van der Waals surface area contributed by atoms with E-state index in [1.807, 2.05) is 6.08 Å². The molecule has 2 atom stereocenters. The van der Waals surface area contributed by atoms with E-state index in [1.165, 1.54) is 193 Å². The van der Waals surface area contributed by atoms with Crippen LogP contribution in [0.15, 0.2) is 48.6 Å². The lowest BCUT2D eigenvalue weighted by Gasteiger charge is -2.20. The van der Waals surface area contributed by atoms with Crippen molar-refractivity contribution in [3.8, 4) is 0 Å². The van der Waals surface area contributed by atoms with Crippen LogP contribution in [0.5, 0.6) is 0 Å². The average molecular weight is 898 g/mol. The zero-order valence-electron chi connectivity index (χ0n) is 42.5. The van der Waals surface area contributed by atoms with Crippen LogP contribution in [0.1, 0.15) is 284 Å². The molecule has 64 heavy (non-hydrogen) atoms. The average Bonchev–Trinajstić information content (AvgIpc) is 3.29. The summed E-state index contributed by atoms with van der Waals surface area (Å²) in [6, 6.07) is -0.634. The van der Waals surface area contributed by atoms with Crippen LogP contribution in [0.3, 0.4) is 0 Å². The van der Waals surface area contributed by atoms with Crippen LogP contribution in [0, 0.1) is 0 Å². The van der Waals surface area contributed by atoms with Gasteiger partial charge in [-0.2, -0.15) is 0 Å². The zero-order chi connectivity index (χ0) is 46.5. The number of carbonyl (C=O) groups excluding carboxylic acids is 2. The van der Waals surface area contributed by atoms with Gasteiger partial charge in [-0.15, -0.1) is 0 Å². The minimum absolute atomic E-state index is 0.00501. The van der Waals surface area contributed by atoms with E-state index in [4.69, 9.17) is 4.74 Å². The van der Waals surface area contributed by atoms with E-state index >= 15 is 0 Å². The number of nitrogens with one attached hydrogen (secondary N) is 1. The molecule has 1 amide bonds. The van der Waals surface area contributed by atoms with E-state index < -0.39 is 12.1 Å². The monoisotopic (exact) mass is 898 g/mol. The summed E-state index contributed by atoms with van der Waals surface area (Å²) in [5.74, 6) is -0.0857. The topological polar surface area (TPSA) is 95.9 Å². The second kappa shape index (κ2) is 53.4. The van der Waals surface area contributed by atoms with Crippen LogP contribution >= 0.6 is 0 Å². The highest BCUT2D eigenvalue weighted by Gasteiger charge is 2.18. The molecule has 0 spiro atoms. The number of ether oxygens (including phenoxy) is 1. The van der Waals surface area contributed by atoms with Crippen molar-refractivity contribution in [1.82, 2.24) is 5.32 Å². The smallest absolute Gasteiger partial charge is 0.305 e. The van der Waals surface area contributed by atoms with E-state index in [9.17, 15) is 19.8 Å². The molecule has 0 aliphatic rings. The van der Waals surface area contributed by atoms with Crippen molar-refractivity contribution in [3.63, 3.8) is 0 Å². The molecule has 3 N–H and O–H groups in total. The fourth-order valence-electron chi connectivity index (χ4n) is 8.25. The molecule has 0 saturated heterocycles. The minimum Gasteiger partial charge on any atom is -0.466 e. The summed E-state index contributed by atoms with van der Waals surface area (Å²) < 4.78 is 5.48. The summed E-state index contributed by atoms with van der Waals surface area (Å²) in [6.45, 7) is 4.84. The van der Waals surface area contributed by atoms with Gasteiger partial charge in [-0.05, 0) is 89.9 Å². The summed E-state index contributed by atoms with van der Waals surface area (Å²) in [7, 11) is 0. The third-order valence-corrected chi connectivity index (χ3v) is 12.6. The lowest BCUT2D eigenvalue weighted by Crippen LogP contribution is -2.45. The van der Waals surface area contributed by atoms with Crippen molar-refractivity contribution in [2.24, 2.45) is 0 Å². The maximum Gasteiger partial charge on any atom is 0.305 e. The van der Waals surface area contributed by atoms with Crippen LogP contribution < -0.4 is 5.32 Å². The number of rotatable bonds is 51. The van der Waals surface area contributed by atoms with Gasteiger partial charge in [0.25, 0.3) is 0 Å². The molecule has 0 aromatic heterocycles. The number of aliphatic hydroxyl groups is 2. The molecule has 6 nitrogen and oxygen atoms in total. The molecule has 0 heterocycles. The van der Waals surface area contributed by atoms with Gasteiger partial charge in [-0.3, -0.25) is 9.59 Å². The van der Waals surface area contributed by atoms with Crippen LogP contribution in [0.2, 0.25) is 0 Å². The summed E-state index contributed by atoms with van der Waals surface area (Å²) >= 11 is 0. The normalized spacial score (nSPS) is 13.0. The van der Waals surface area contributed by atoms with Gasteiger partial charge in [0.15, 0.2) is 0 Å². The van der Waals surface area contributed by atoms with E-state index in [1.54, 1.807) is 6.08 Å². The predicted molar refractivity (Wildman–Crippen MR) is 278 cm³/mol. The Morgan fingerprint density at radius 3 is 1.22 bits per heavy atom. The number of hydrogen-bond acceptors (Lipinski definition) is 5. The van der Waals surface area contributed by atoms with Crippen LogP contribution in [0.25, 0.3) is 0 Å². The van der Waals surface area contributed by atoms with Crippen molar-refractivity contribution < 1.29 is 24.5 Å². The van der Waals surface area contributed by atoms with E-state index in [2.05, 4.69) is 55.6 Å². The molecule has 2 unspecified atom stereocenters. The van der Waals surface area contributed by atoms with Gasteiger partial charge in [0.2, 0.25) is 5.91 Å². The van der Waals surface area contributed by atoms with Crippen LogP contribution in [0.4, 0.5) is 0 Å². The number of carbonyl (C=O) groups is 2. The van der Waals surface area contributed by atoms with Gasteiger partial charge in [0.05, 0.1) is 25.4 Å². The highest BCUT2D eigenvalue weighted by Crippen LogP contribution is 2.15. The zero-order valence-corrected chi connectivity index (χ0v) is 42.5. The molecule has 0 aromatic carbocycles. The summed E-state index contributed by atoms with van der Waals surface area (Å²) in [4.78, 5) is 24.5. The molecule has 0 saturated carbocycles. The number of amides is 1. The Balaban J connectivity index is 3.44. The molecule has 0 aliphatic carbocycles. The van der Waals surface area contributed by atoms with Gasteiger partial charge in [-0.1, -0.05) is 229 Å². The van der Waals surface area contributed by atoms with Crippen molar-refractivity contribution in [1.29, 1.82) is 0 Å². The first kappa shape index (κ1) is 61.8. The highest BCUT2D eigenvalue weighted by atomic mass is 16.5. The third kappa shape index (κ3) is 49.3. The van der Waals surface area contributed by atoms with Gasteiger partial charge >= 0.3 is 5.97 Å². The van der Waals surface area contributed by atoms with Crippen molar-refractivity contribution in [2.75, 3.05) is 13.2 Å². The number of hydrogen-bond donors (Lipinski definition) is 3. The second-order valence-corrected chi connectivity index (χ2v) is 18.9. The SMILES string of the molecule is CCCCCC/C=C\C/C=C\CCCCCCCCCC(=O)OCCCCCCCCCC/C=C\CCCCCCCCCC(=O)NC(CO)C(O)/C=C/CCCCCCCCCC. The highest BCUT2D eigenvalue weighted by molar-refractivity contribution is 5.76. The maximum atomic E-state index is 12.4. The molecule has 0 fully saturated rings. The van der Waals surface area contributed by atoms with E-state index in [0.29, 0.717) is 19.4 Å². The number of allylic oxidation sites excluding steroid dienone is 7. The minimum atomic E-state index is -0.849. The van der Waals surface area contributed by atoms with Crippen molar-refractivity contribution in [3.05, 3.63) is 48.6 Å². The third-order valence-electron chi connectivity index (χ3n) is 12.6. The lowest BCUT2D eigenvalue weighted by atomic mass is 10.1. The predicted octanol–water partition coefficient (Wildman–Crippen LogP) is 17.0. The van der Waals surface area contributed by atoms with Crippen molar-refractivity contribution in [2.45, 2.75) is 296 Å². The first-order valence-corrected chi connectivity index (χ1v) is 27.9. The Kier molecular flexibility index (Phi) is 51.6. The van der Waals surface area contributed by atoms with Crippen LogP contribution in [-0.4, -0.2) is 47.4 Å². The first-order chi connectivity index (χ1) is 31.5. The molecule has 374 valence electrons. The van der Waals surface area contributed by atoms with Gasteiger partial charge in [-0.25, -0.2) is 0 Å². The Morgan fingerprint density at radius 2 is 0.781 bits per heavy atom. The Hall–Kier alpha value is -2.18. The van der Waals surface area contributed by atoms with Gasteiger partial charge in [0.1, 0.15) is 0 Å². The van der Waals surface area contributed by atoms with Gasteiger partial charge in [0, 0.05) is 12.8 Å². The number of unbranched alkanes of at least 4 members (excludes halogenated alkanes) is 34. The second-order valence-electron chi connectivity index (χ2n) is 18.9. The molecule has 6 heteroatoms. The van der Waals surface area contributed by atoms with Gasteiger partial charge < -0.3 is 20.3 Å².